The van der Waals surface area contributed by atoms with Gasteiger partial charge in [0.25, 0.3) is 0 Å². The number of piperazine rings is 1. The minimum atomic E-state index is 0. The molecule has 63 valence electrons. The molecule has 0 amide bonds. The van der Waals surface area contributed by atoms with Crippen molar-refractivity contribution in [3.8, 4) is 0 Å². The van der Waals surface area contributed by atoms with Crippen LogP contribution in [0, 0.1) is 0 Å². The van der Waals surface area contributed by atoms with Crippen molar-refractivity contribution in [1.82, 2.24) is 4.90 Å². The molecular weight excluding hydrogens is 175 g/mol. The van der Waals surface area contributed by atoms with E-state index in [1.54, 1.807) is 0 Å². The van der Waals surface area contributed by atoms with Gasteiger partial charge < -0.3 is 10.2 Å². The van der Waals surface area contributed by atoms with Crippen molar-refractivity contribution in [2.45, 2.75) is 25.3 Å². The van der Waals surface area contributed by atoms with Crippen LogP contribution in [-0.2, 0) is 18.6 Å². The van der Waals surface area contributed by atoms with Crippen molar-refractivity contribution < 1.29 is 19.9 Å². The maximum absolute atomic E-state index is 7.62. The topological polar surface area (TPSA) is 17.3 Å². The van der Waals surface area contributed by atoms with Gasteiger partial charge in [-0.2, -0.15) is 0 Å². The van der Waals surface area contributed by atoms with Gasteiger partial charge in [-0.05, 0) is 31.9 Å². The number of hydrogen-bond acceptors (Lipinski definition) is 1. The van der Waals surface area contributed by atoms with E-state index in [4.69, 9.17) is 1.37 Å². The maximum Gasteiger partial charge on any atom is 0.0280 e. The minimum absolute atomic E-state index is 0. The summed E-state index contributed by atoms with van der Waals surface area (Å²) in [5.41, 5.74) is 0. The molecule has 2 aliphatic heterocycles. The van der Waals surface area contributed by atoms with Crippen LogP contribution in [0.4, 0.5) is 0 Å². The molecule has 2 rings (SSSR count). The summed E-state index contributed by atoms with van der Waals surface area (Å²) in [4.78, 5) is 2.44. The van der Waals surface area contributed by atoms with Crippen LogP contribution in [0.15, 0.2) is 0 Å². The smallest absolute Gasteiger partial charge is 0.0280 e. The van der Waals surface area contributed by atoms with E-state index < -0.39 is 0 Å². The normalized spacial score (nSPS) is 40.2. The van der Waals surface area contributed by atoms with Gasteiger partial charge in [0.2, 0.25) is 0 Å². The number of fused-ring (bicyclic) bond motifs is 1. The Labute approximate surface area is 82.0 Å². The van der Waals surface area contributed by atoms with Crippen LogP contribution >= 0.6 is 0 Å². The van der Waals surface area contributed by atoms with Gasteiger partial charge in [0.1, 0.15) is 0 Å². The first-order valence-electron chi connectivity index (χ1n) is 4.73. The van der Waals surface area contributed by atoms with Gasteiger partial charge in [0.05, 0.1) is 0 Å². The first kappa shape index (κ1) is 8.12. The van der Waals surface area contributed by atoms with Crippen molar-refractivity contribution in [3.63, 3.8) is 0 Å². The second kappa shape index (κ2) is 4.51. The fourth-order valence-corrected chi connectivity index (χ4v) is 1.82. The van der Waals surface area contributed by atoms with Crippen molar-refractivity contribution in [3.05, 3.63) is 5.32 Å². The summed E-state index contributed by atoms with van der Waals surface area (Å²) >= 11 is 0. The number of nitrogens with zero attached hydrogens (tertiary/aromatic N) is 2. The number of piperidine rings is 1. The van der Waals surface area contributed by atoms with Crippen molar-refractivity contribution in [2.75, 3.05) is 26.2 Å². The van der Waals surface area contributed by atoms with E-state index in [2.05, 4.69) is 10.2 Å². The standard InChI is InChI=1S/C8H15N2.V/c1-2-5-10-6-4-9-7-8(10)3-1;/h8H,1-7H2;/q-1;/i2T;. The molecule has 2 fully saturated rings. The average Bonchev–Trinajstić information content (AvgIpc) is 2.04. The molecule has 2 atom stereocenters. The number of rotatable bonds is 0. The average molecular weight is 192 g/mol. The Kier molecular flexibility index (Phi) is 3.33. The molecule has 0 aromatic rings. The van der Waals surface area contributed by atoms with E-state index in [9.17, 15) is 0 Å². The fraction of sp³-hybridized carbons (Fsp3) is 1.00. The van der Waals surface area contributed by atoms with Gasteiger partial charge in [-0.3, -0.25) is 0 Å². The molecule has 0 spiro atoms. The molecule has 2 unspecified atom stereocenters. The first-order valence-corrected chi connectivity index (χ1v) is 4.16. The Bertz CT molecular complexity index is 145. The first-order chi connectivity index (χ1) is 5.36. The SMILES string of the molecule is [3H]C1CCC2C[N-]CCN2C1.[V]. The van der Waals surface area contributed by atoms with Crippen LogP contribution in [0.2, 0.25) is 0 Å². The summed E-state index contributed by atoms with van der Waals surface area (Å²) in [5.74, 6) is 0. The zero-order valence-electron chi connectivity index (χ0n) is 7.74. The molecule has 2 aliphatic rings. The van der Waals surface area contributed by atoms with Crippen molar-refractivity contribution in [1.29, 1.82) is 0 Å². The quantitative estimate of drug-likeness (QED) is 0.564. The Balaban J connectivity index is 0.000000720. The third-order valence-electron chi connectivity index (χ3n) is 2.47. The Morgan fingerprint density at radius 3 is 3.27 bits per heavy atom. The molecule has 0 saturated carbocycles. The molecule has 3 heteroatoms. The van der Waals surface area contributed by atoms with Crippen LogP contribution in [-0.4, -0.2) is 37.1 Å². The molecule has 0 aromatic carbocycles. The van der Waals surface area contributed by atoms with Crippen LogP contribution < -0.4 is 0 Å². The van der Waals surface area contributed by atoms with Crippen molar-refractivity contribution >= 4 is 0 Å². The molecule has 0 aliphatic carbocycles. The Hall–Kier alpha value is 0.504. The second-order valence-corrected chi connectivity index (χ2v) is 3.14. The van der Waals surface area contributed by atoms with Gasteiger partial charge in [-0.1, -0.05) is 6.42 Å². The van der Waals surface area contributed by atoms with Crippen molar-refractivity contribution in [2.24, 2.45) is 0 Å². The summed E-state index contributed by atoms with van der Waals surface area (Å²) in [6, 6.07) is 0.686. The third kappa shape index (κ3) is 2.22. The van der Waals surface area contributed by atoms with Gasteiger partial charge in [-0.25, -0.2) is 0 Å². The van der Waals surface area contributed by atoms with Gasteiger partial charge in [0.15, 0.2) is 0 Å². The Morgan fingerprint density at radius 2 is 2.36 bits per heavy atom. The van der Waals surface area contributed by atoms with E-state index in [1.807, 2.05) is 0 Å². The number of hydrogen-bond donors (Lipinski definition) is 0. The van der Waals surface area contributed by atoms with Gasteiger partial charge in [-0.15, -0.1) is 13.1 Å². The van der Waals surface area contributed by atoms with Crippen LogP contribution in [0.3, 0.4) is 0 Å². The zero-order chi connectivity index (χ0) is 7.68. The minimum Gasteiger partial charge on any atom is -0.660 e. The van der Waals surface area contributed by atoms with Crippen LogP contribution in [0.25, 0.3) is 5.32 Å². The summed E-state index contributed by atoms with van der Waals surface area (Å²) in [6.45, 7) is 4.09. The summed E-state index contributed by atoms with van der Waals surface area (Å²) in [7, 11) is 0. The third-order valence-corrected chi connectivity index (χ3v) is 2.47. The molecule has 0 N–H and O–H groups in total. The molecule has 11 heavy (non-hydrogen) atoms. The van der Waals surface area contributed by atoms with E-state index in [0.717, 1.165) is 32.6 Å². The van der Waals surface area contributed by atoms with E-state index >= 15 is 0 Å². The Morgan fingerprint density at radius 1 is 1.45 bits per heavy atom. The fourth-order valence-electron chi connectivity index (χ4n) is 1.82. The molecule has 1 radical (unpaired) electrons. The van der Waals surface area contributed by atoms with E-state index in [-0.39, 0.29) is 25.0 Å². The summed E-state index contributed by atoms with van der Waals surface area (Å²) < 4.78 is 7.62. The van der Waals surface area contributed by atoms with Gasteiger partial charge >= 0.3 is 0 Å². The van der Waals surface area contributed by atoms with Crippen LogP contribution in [0.5, 0.6) is 0 Å². The maximum atomic E-state index is 7.62. The molecule has 2 heterocycles. The van der Waals surface area contributed by atoms with Crippen LogP contribution in [0.1, 0.15) is 20.6 Å². The zero-order valence-corrected chi connectivity index (χ0v) is 8.14. The molecular formula is C8H15N2V-. The van der Waals surface area contributed by atoms with E-state index in [0.29, 0.717) is 6.04 Å². The predicted molar refractivity (Wildman–Crippen MR) is 42.3 cm³/mol. The van der Waals surface area contributed by atoms with E-state index in [1.165, 1.54) is 6.42 Å². The predicted octanol–water partition coefficient (Wildman–Crippen LogP) is 1.23. The molecule has 2 nitrogen and oxygen atoms in total. The molecule has 0 bridgehead atoms. The largest absolute Gasteiger partial charge is 0.660 e. The second-order valence-electron chi connectivity index (χ2n) is 3.14. The monoisotopic (exact) mass is 192 g/mol. The molecule has 0 aromatic heterocycles. The summed E-state index contributed by atoms with van der Waals surface area (Å²) in [5, 5.41) is 4.38. The molecule has 2 saturated heterocycles. The van der Waals surface area contributed by atoms with Gasteiger partial charge in [0, 0.05) is 19.9 Å². The summed E-state index contributed by atoms with van der Waals surface area (Å²) in [6.07, 6.45) is 2.44.